The van der Waals surface area contributed by atoms with E-state index in [0.717, 1.165) is 43.8 Å². The van der Waals surface area contributed by atoms with E-state index in [1.165, 1.54) is 12.2 Å². The Morgan fingerprint density at radius 1 is 0.944 bits per heavy atom. The summed E-state index contributed by atoms with van der Waals surface area (Å²) in [5.74, 6) is -2.22. The molecule has 0 amide bonds. The topological polar surface area (TPSA) is 113 Å². The molecule has 0 aromatic rings. The molecule has 2 aliphatic rings. The van der Waals surface area contributed by atoms with Gasteiger partial charge in [-0.1, -0.05) is 62.8 Å². The number of aliphatic hydroxyl groups is 1. The van der Waals surface area contributed by atoms with Gasteiger partial charge in [0.15, 0.2) is 5.79 Å². The molecular formula is C29H42O7. The smallest absolute Gasteiger partial charge is 0.328 e. The molecule has 4 unspecified atom stereocenters. The Bertz CT molecular complexity index is 909. The van der Waals surface area contributed by atoms with E-state index in [1.807, 2.05) is 25.2 Å². The second kappa shape index (κ2) is 13.7. The van der Waals surface area contributed by atoms with Crippen molar-refractivity contribution < 1.29 is 34.4 Å². The number of aliphatic carboxylic acids is 2. The monoisotopic (exact) mass is 502 g/mol. The summed E-state index contributed by atoms with van der Waals surface area (Å²) in [5.41, 5.74) is 1.67. The Morgan fingerprint density at radius 2 is 1.61 bits per heavy atom. The van der Waals surface area contributed by atoms with Gasteiger partial charge in [0, 0.05) is 30.9 Å². The number of carbonyl (C=O) groups is 2. The maximum absolute atomic E-state index is 10.9. The molecule has 7 atom stereocenters. The van der Waals surface area contributed by atoms with Gasteiger partial charge in [0.2, 0.25) is 0 Å². The molecule has 0 aliphatic carbocycles. The maximum atomic E-state index is 10.9. The van der Waals surface area contributed by atoms with Gasteiger partial charge in [-0.2, -0.15) is 0 Å². The Labute approximate surface area is 214 Å². The van der Waals surface area contributed by atoms with Gasteiger partial charge in [0.1, 0.15) is 0 Å². The van der Waals surface area contributed by atoms with Crippen LogP contribution < -0.4 is 0 Å². The lowest BCUT2D eigenvalue weighted by molar-refractivity contribution is -0.323. The van der Waals surface area contributed by atoms with Gasteiger partial charge >= 0.3 is 11.9 Å². The Kier molecular flexibility index (Phi) is 11.3. The van der Waals surface area contributed by atoms with Gasteiger partial charge < -0.3 is 24.8 Å². The third-order valence-corrected chi connectivity index (χ3v) is 7.08. The first-order valence-electron chi connectivity index (χ1n) is 12.8. The highest BCUT2D eigenvalue weighted by Gasteiger charge is 2.45. The van der Waals surface area contributed by atoms with Gasteiger partial charge in [-0.15, -0.1) is 0 Å². The summed E-state index contributed by atoms with van der Waals surface area (Å²) in [6, 6.07) is 0. The van der Waals surface area contributed by atoms with Crippen LogP contribution in [0.25, 0.3) is 0 Å². The van der Waals surface area contributed by atoms with Crippen molar-refractivity contribution in [2.75, 3.05) is 0 Å². The Balaban J connectivity index is 2.01. The highest BCUT2D eigenvalue weighted by molar-refractivity contribution is 5.81. The van der Waals surface area contributed by atoms with Crippen molar-refractivity contribution in [1.29, 1.82) is 0 Å². The van der Waals surface area contributed by atoms with E-state index < -0.39 is 23.8 Å². The highest BCUT2D eigenvalue weighted by atomic mass is 16.7. The Morgan fingerprint density at radius 3 is 2.25 bits per heavy atom. The van der Waals surface area contributed by atoms with Gasteiger partial charge in [-0.3, -0.25) is 0 Å². The molecule has 3 N–H and O–H groups in total. The maximum Gasteiger partial charge on any atom is 0.328 e. The number of allylic oxidation sites excluding steroid dienone is 4. The number of carboxylic acids is 2. The van der Waals surface area contributed by atoms with Crippen LogP contribution in [0, 0.1) is 17.8 Å². The molecule has 1 spiro atoms. The molecule has 0 aromatic heterocycles. The summed E-state index contributed by atoms with van der Waals surface area (Å²) < 4.78 is 13.1. The summed E-state index contributed by atoms with van der Waals surface area (Å²) >= 11 is 0. The quantitative estimate of drug-likeness (QED) is 0.270. The van der Waals surface area contributed by atoms with Crippen LogP contribution in [0.3, 0.4) is 0 Å². The van der Waals surface area contributed by atoms with Crippen molar-refractivity contribution in [2.24, 2.45) is 17.8 Å². The summed E-state index contributed by atoms with van der Waals surface area (Å²) in [6.45, 7) is 9.84. The van der Waals surface area contributed by atoms with Crippen LogP contribution >= 0.6 is 0 Å². The molecule has 0 bridgehead atoms. The average molecular weight is 503 g/mol. The fourth-order valence-electron chi connectivity index (χ4n) is 4.53. The first-order chi connectivity index (χ1) is 16.9. The minimum atomic E-state index is -1.03. The largest absolute Gasteiger partial charge is 0.478 e. The summed E-state index contributed by atoms with van der Waals surface area (Å²) in [6.07, 6.45) is 16.6. The van der Waals surface area contributed by atoms with Crippen molar-refractivity contribution in [2.45, 2.75) is 90.8 Å². The van der Waals surface area contributed by atoms with E-state index in [1.54, 1.807) is 19.9 Å². The second-order valence-corrected chi connectivity index (χ2v) is 10.4. The number of rotatable bonds is 10. The van der Waals surface area contributed by atoms with E-state index in [0.29, 0.717) is 17.4 Å². The zero-order valence-corrected chi connectivity index (χ0v) is 22.1. The van der Waals surface area contributed by atoms with E-state index in [2.05, 4.69) is 19.9 Å². The van der Waals surface area contributed by atoms with Crippen LogP contribution in [0.2, 0.25) is 0 Å². The van der Waals surface area contributed by atoms with Crippen LogP contribution in [-0.2, 0) is 19.1 Å². The van der Waals surface area contributed by atoms with Gasteiger partial charge in [-0.05, 0) is 50.5 Å². The minimum Gasteiger partial charge on any atom is -0.478 e. The molecule has 200 valence electrons. The fraction of sp³-hybridized carbons (Fsp3) is 0.586. The molecular weight excluding hydrogens is 460 g/mol. The average Bonchev–Trinajstić information content (AvgIpc) is 2.81. The van der Waals surface area contributed by atoms with E-state index in [9.17, 15) is 14.7 Å². The van der Waals surface area contributed by atoms with Crippen LogP contribution in [0.4, 0.5) is 0 Å². The number of hydrogen-bond donors (Lipinski definition) is 3. The van der Waals surface area contributed by atoms with Crippen LogP contribution in [-0.4, -0.2) is 51.4 Å². The van der Waals surface area contributed by atoms with Gasteiger partial charge in [-0.25, -0.2) is 9.59 Å². The van der Waals surface area contributed by atoms with Crippen molar-refractivity contribution in [3.63, 3.8) is 0 Å². The molecule has 36 heavy (non-hydrogen) atoms. The molecule has 2 rings (SSSR count). The molecule has 2 saturated heterocycles. The normalized spacial score (nSPS) is 31.9. The molecule has 7 nitrogen and oxygen atoms in total. The molecule has 2 heterocycles. The van der Waals surface area contributed by atoms with Crippen molar-refractivity contribution in [1.82, 2.24) is 0 Å². The van der Waals surface area contributed by atoms with E-state index in [4.69, 9.17) is 19.7 Å². The van der Waals surface area contributed by atoms with E-state index in [-0.39, 0.29) is 18.1 Å². The summed E-state index contributed by atoms with van der Waals surface area (Å²) in [7, 11) is 0. The lowest BCUT2D eigenvalue weighted by Gasteiger charge is -2.49. The zero-order valence-electron chi connectivity index (χ0n) is 22.1. The molecule has 0 aromatic carbocycles. The third-order valence-electron chi connectivity index (χ3n) is 7.08. The molecule has 2 aliphatic heterocycles. The van der Waals surface area contributed by atoms with E-state index >= 15 is 0 Å². The predicted molar refractivity (Wildman–Crippen MR) is 139 cm³/mol. The Hall–Kier alpha value is -2.48. The van der Waals surface area contributed by atoms with Crippen molar-refractivity contribution in [3.05, 3.63) is 59.8 Å². The number of carboxylic acid groups (broad SMARTS) is 2. The van der Waals surface area contributed by atoms with Crippen LogP contribution in [0.5, 0.6) is 0 Å². The van der Waals surface area contributed by atoms with Crippen molar-refractivity contribution >= 4 is 11.9 Å². The summed E-state index contributed by atoms with van der Waals surface area (Å²) in [4.78, 5) is 21.5. The van der Waals surface area contributed by atoms with Crippen LogP contribution in [0.15, 0.2) is 59.8 Å². The number of aliphatic hydroxyl groups excluding tert-OH is 1. The first kappa shape index (κ1) is 29.7. The SMILES string of the molecule is CC(/C=C/C(O)[C@@H](C)/C=C/C(=O)O)=C\CC1O[C@@]2(CCC(C)C(/C=C/C(C)=C/C(=O)O)O2)CC[C@@H]1C. The zero-order chi connectivity index (χ0) is 26.9. The van der Waals surface area contributed by atoms with Gasteiger partial charge in [0.25, 0.3) is 0 Å². The minimum absolute atomic E-state index is 0.0103. The predicted octanol–water partition coefficient (Wildman–Crippen LogP) is 5.43. The lowest BCUT2D eigenvalue weighted by Crippen LogP contribution is -2.51. The lowest BCUT2D eigenvalue weighted by atomic mass is 9.83. The highest BCUT2D eigenvalue weighted by Crippen LogP contribution is 2.43. The molecule has 0 radical (unpaired) electrons. The second-order valence-electron chi connectivity index (χ2n) is 10.4. The number of ether oxygens (including phenoxy) is 2. The summed E-state index contributed by atoms with van der Waals surface area (Å²) in [5, 5.41) is 27.9. The standard InChI is InChI=1S/C29H42O7/c1-19(6-10-24(30)21(3)9-13-27(31)32)7-11-25-22(4)14-16-29(35-25)17-15-23(5)26(36-29)12-8-20(2)18-28(33)34/h6-10,12-13,18,21-26,30H,11,14-17H2,1-5H3,(H,31,32)(H,33,34)/b10-6+,12-8+,13-9+,19-7+,20-18+/t21-,22-,23?,24?,25?,26?,29-/m0/s1. The fourth-order valence-corrected chi connectivity index (χ4v) is 4.53. The van der Waals surface area contributed by atoms with Crippen LogP contribution in [0.1, 0.15) is 66.7 Å². The first-order valence-corrected chi connectivity index (χ1v) is 12.8. The third kappa shape index (κ3) is 9.52. The molecule has 2 fully saturated rings. The van der Waals surface area contributed by atoms with Gasteiger partial charge in [0.05, 0.1) is 18.3 Å². The van der Waals surface area contributed by atoms with Crippen molar-refractivity contribution in [3.8, 4) is 0 Å². The molecule has 7 heteroatoms. The number of hydrogen-bond acceptors (Lipinski definition) is 5. The molecule has 0 saturated carbocycles.